The molecule has 0 saturated carbocycles. The van der Waals surface area contributed by atoms with E-state index in [0.717, 1.165) is 15.7 Å². The van der Waals surface area contributed by atoms with Crippen LogP contribution >= 0.6 is 15.9 Å². The fraction of sp³-hybridized carbons (Fsp3) is 0.462. The average molecular weight is 316 g/mol. The summed E-state index contributed by atoms with van der Waals surface area (Å²) in [6, 6.07) is 5.61. The van der Waals surface area contributed by atoms with Gasteiger partial charge in [0.15, 0.2) is 0 Å². The molecule has 5 heteroatoms. The molecule has 0 bridgehead atoms. The van der Waals surface area contributed by atoms with E-state index in [1.54, 1.807) is 7.11 Å². The van der Waals surface area contributed by atoms with Crippen LogP contribution in [0.4, 0.5) is 5.69 Å². The van der Waals surface area contributed by atoms with E-state index in [9.17, 15) is 4.79 Å². The van der Waals surface area contributed by atoms with Crippen molar-refractivity contribution in [3.05, 3.63) is 28.2 Å². The topological polar surface area (TPSA) is 47.6 Å². The molecule has 18 heavy (non-hydrogen) atoms. The Hall–Kier alpha value is -0.910. The standard InChI is InChI=1S/C13H18BrNO3/c1-9(2)18-8-13(16)15-12-6-4-5-11(14)10(12)7-17-3/h4-6,9H,7-8H2,1-3H3,(H,15,16). The van der Waals surface area contributed by atoms with Crippen molar-refractivity contribution in [3.63, 3.8) is 0 Å². The van der Waals surface area contributed by atoms with Crippen molar-refractivity contribution in [1.82, 2.24) is 0 Å². The summed E-state index contributed by atoms with van der Waals surface area (Å²) in [7, 11) is 1.62. The number of hydrogen-bond donors (Lipinski definition) is 1. The van der Waals surface area contributed by atoms with Crippen molar-refractivity contribution in [3.8, 4) is 0 Å². The third kappa shape index (κ3) is 4.76. The van der Waals surface area contributed by atoms with Gasteiger partial charge in [0.2, 0.25) is 5.91 Å². The van der Waals surface area contributed by atoms with Crippen LogP contribution in [0.5, 0.6) is 0 Å². The lowest BCUT2D eigenvalue weighted by Crippen LogP contribution is -2.21. The van der Waals surface area contributed by atoms with Gasteiger partial charge in [-0.15, -0.1) is 0 Å². The molecule has 1 amide bonds. The smallest absolute Gasteiger partial charge is 0.250 e. The fourth-order valence-electron chi connectivity index (χ4n) is 1.40. The molecule has 1 aromatic carbocycles. The van der Waals surface area contributed by atoms with Crippen molar-refractivity contribution in [2.45, 2.75) is 26.6 Å². The summed E-state index contributed by atoms with van der Waals surface area (Å²) in [6.45, 7) is 4.27. The monoisotopic (exact) mass is 315 g/mol. The van der Waals surface area contributed by atoms with Crippen LogP contribution in [0.15, 0.2) is 22.7 Å². The normalized spacial score (nSPS) is 10.7. The molecule has 0 radical (unpaired) electrons. The summed E-state index contributed by atoms with van der Waals surface area (Å²) in [4.78, 5) is 11.7. The molecule has 1 N–H and O–H groups in total. The van der Waals surface area contributed by atoms with E-state index in [2.05, 4.69) is 21.2 Å². The van der Waals surface area contributed by atoms with Crippen LogP contribution in [0.1, 0.15) is 19.4 Å². The number of benzene rings is 1. The van der Waals surface area contributed by atoms with Gasteiger partial charge in [-0.05, 0) is 26.0 Å². The molecule has 0 aliphatic rings. The molecule has 0 aliphatic carbocycles. The van der Waals surface area contributed by atoms with Gasteiger partial charge < -0.3 is 14.8 Å². The van der Waals surface area contributed by atoms with E-state index in [4.69, 9.17) is 9.47 Å². The van der Waals surface area contributed by atoms with E-state index >= 15 is 0 Å². The number of rotatable bonds is 6. The Bertz CT molecular complexity index is 407. The third-order valence-corrected chi connectivity index (χ3v) is 2.97. The molecular formula is C13H18BrNO3. The van der Waals surface area contributed by atoms with Crippen LogP contribution in [-0.4, -0.2) is 25.7 Å². The lowest BCUT2D eigenvalue weighted by atomic mass is 10.2. The number of carbonyl (C=O) groups is 1. The van der Waals surface area contributed by atoms with Gasteiger partial charge >= 0.3 is 0 Å². The second-order valence-electron chi connectivity index (χ2n) is 4.11. The van der Waals surface area contributed by atoms with Gasteiger partial charge in [-0.2, -0.15) is 0 Å². The van der Waals surface area contributed by atoms with E-state index in [1.165, 1.54) is 0 Å². The van der Waals surface area contributed by atoms with E-state index in [0.29, 0.717) is 6.61 Å². The first-order valence-electron chi connectivity index (χ1n) is 5.72. The van der Waals surface area contributed by atoms with Crippen molar-refractivity contribution >= 4 is 27.5 Å². The Morgan fingerprint density at radius 2 is 2.17 bits per heavy atom. The SMILES string of the molecule is COCc1c(Br)cccc1NC(=O)COC(C)C. The summed E-state index contributed by atoms with van der Waals surface area (Å²) in [5, 5.41) is 2.82. The first kappa shape index (κ1) is 15.1. The number of ether oxygens (including phenoxy) is 2. The van der Waals surface area contributed by atoms with Gasteiger partial charge in [0.25, 0.3) is 0 Å². The van der Waals surface area contributed by atoms with Crippen LogP contribution in [-0.2, 0) is 20.9 Å². The summed E-state index contributed by atoms with van der Waals surface area (Å²) in [5.41, 5.74) is 1.65. The highest BCUT2D eigenvalue weighted by atomic mass is 79.9. The second-order valence-corrected chi connectivity index (χ2v) is 4.96. The molecule has 0 aliphatic heterocycles. The van der Waals surface area contributed by atoms with Crippen molar-refractivity contribution in [1.29, 1.82) is 0 Å². The zero-order valence-electron chi connectivity index (χ0n) is 10.8. The Morgan fingerprint density at radius 3 is 2.78 bits per heavy atom. The average Bonchev–Trinajstić information content (AvgIpc) is 2.31. The summed E-state index contributed by atoms with van der Waals surface area (Å²) in [5.74, 6) is -0.167. The molecule has 1 rings (SSSR count). The highest BCUT2D eigenvalue weighted by Gasteiger charge is 2.10. The van der Waals surface area contributed by atoms with Gasteiger partial charge in [0.1, 0.15) is 6.61 Å². The molecule has 0 saturated heterocycles. The molecule has 1 aromatic rings. The highest BCUT2D eigenvalue weighted by Crippen LogP contribution is 2.25. The molecule has 4 nitrogen and oxygen atoms in total. The second kappa shape index (κ2) is 7.51. The number of halogens is 1. The molecule has 0 heterocycles. The van der Waals surface area contributed by atoms with Crippen LogP contribution in [0, 0.1) is 0 Å². The summed E-state index contributed by atoms with van der Waals surface area (Å²) >= 11 is 3.44. The van der Waals surface area contributed by atoms with E-state index in [-0.39, 0.29) is 18.6 Å². The number of carbonyl (C=O) groups excluding carboxylic acids is 1. The quantitative estimate of drug-likeness (QED) is 0.878. The Labute approximate surface area is 116 Å². The van der Waals surface area contributed by atoms with Crippen LogP contribution < -0.4 is 5.32 Å². The van der Waals surface area contributed by atoms with Crippen molar-refractivity contribution in [2.24, 2.45) is 0 Å². The predicted octanol–water partition coefficient (Wildman–Crippen LogP) is 2.96. The van der Waals surface area contributed by atoms with Crippen molar-refractivity contribution in [2.75, 3.05) is 19.0 Å². The Balaban J connectivity index is 2.71. The maximum Gasteiger partial charge on any atom is 0.250 e. The molecule has 0 aromatic heterocycles. The number of hydrogen-bond acceptors (Lipinski definition) is 3. The van der Waals surface area contributed by atoms with Gasteiger partial charge in [-0.1, -0.05) is 22.0 Å². The predicted molar refractivity (Wildman–Crippen MR) is 74.6 cm³/mol. The number of nitrogens with one attached hydrogen (secondary N) is 1. The molecule has 100 valence electrons. The molecule has 0 unspecified atom stereocenters. The van der Waals surface area contributed by atoms with Crippen LogP contribution in [0.2, 0.25) is 0 Å². The first-order valence-corrected chi connectivity index (χ1v) is 6.51. The first-order chi connectivity index (χ1) is 8.54. The minimum atomic E-state index is -0.167. The molecular weight excluding hydrogens is 298 g/mol. The number of anilines is 1. The van der Waals surface area contributed by atoms with Crippen LogP contribution in [0.25, 0.3) is 0 Å². The minimum Gasteiger partial charge on any atom is -0.380 e. The zero-order chi connectivity index (χ0) is 13.5. The number of methoxy groups -OCH3 is 1. The van der Waals surface area contributed by atoms with Gasteiger partial charge in [-0.25, -0.2) is 0 Å². The maximum absolute atomic E-state index is 11.7. The zero-order valence-corrected chi connectivity index (χ0v) is 12.4. The fourth-order valence-corrected chi connectivity index (χ4v) is 1.88. The Kier molecular flexibility index (Phi) is 6.32. The van der Waals surface area contributed by atoms with Crippen molar-refractivity contribution < 1.29 is 14.3 Å². The van der Waals surface area contributed by atoms with Gasteiger partial charge in [0.05, 0.1) is 12.7 Å². The lowest BCUT2D eigenvalue weighted by molar-refractivity contribution is -0.121. The largest absolute Gasteiger partial charge is 0.380 e. The maximum atomic E-state index is 11.7. The molecule has 0 atom stereocenters. The Morgan fingerprint density at radius 1 is 1.44 bits per heavy atom. The van der Waals surface area contributed by atoms with E-state index < -0.39 is 0 Å². The molecule has 0 fully saturated rings. The summed E-state index contributed by atoms with van der Waals surface area (Å²) < 4.78 is 11.3. The number of amides is 1. The lowest BCUT2D eigenvalue weighted by Gasteiger charge is -2.13. The minimum absolute atomic E-state index is 0.0386. The highest BCUT2D eigenvalue weighted by molar-refractivity contribution is 9.10. The van der Waals surface area contributed by atoms with Crippen LogP contribution in [0.3, 0.4) is 0 Å². The van der Waals surface area contributed by atoms with Gasteiger partial charge in [0, 0.05) is 22.8 Å². The van der Waals surface area contributed by atoms with E-state index in [1.807, 2.05) is 32.0 Å². The molecule has 0 spiro atoms. The van der Waals surface area contributed by atoms with Gasteiger partial charge in [-0.3, -0.25) is 4.79 Å². The third-order valence-electron chi connectivity index (χ3n) is 2.23. The summed E-state index contributed by atoms with van der Waals surface area (Å²) in [6.07, 6.45) is 0.0386.